The van der Waals surface area contributed by atoms with Crippen LogP contribution in [0.15, 0.2) is 12.2 Å². The summed E-state index contributed by atoms with van der Waals surface area (Å²) in [5, 5.41) is 23.3. The minimum Gasteiger partial charge on any atom is -0.394 e. The van der Waals surface area contributed by atoms with E-state index in [-0.39, 0.29) is 12.5 Å². The Labute approximate surface area is 365 Å². The van der Waals surface area contributed by atoms with Crippen LogP contribution in [-0.4, -0.2) is 34.9 Å². The fourth-order valence-electron chi connectivity index (χ4n) is 8.65. The predicted molar refractivity (Wildman–Crippen MR) is 258 cm³/mol. The van der Waals surface area contributed by atoms with Gasteiger partial charge in [0.05, 0.1) is 18.8 Å². The number of nitrogens with one attached hydrogen (secondary N) is 1. The molecule has 0 aromatic heterocycles. The first-order chi connectivity index (χ1) is 28.7. The average Bonchev–Trinajstić information content (AvgIpc) is 3.23. The molecule has 3 N–H and O–H groups in total. The molecule has 346 valence electrons. The monoisotopic (exact) mass is 818 g/mol. The van der Waals surface area contributed by atoms with Gasteiger partial charge in [0.2, 0.25) is 5.91 Å². The molecule has 0 heterocycles. The van der Waals surface area contributed by atoms with E-state index in [2.05, 4.69) is 31.3 Å². The molecule has 0 aliphatic heterocycles. The van der Waals surface area contributed by atoms with Crippen LogP contribution in [-0.2, 0) is 4.79 Å². The van der Waals surface area contributed by atoms with Crippen LogP contribution in [0.3, 0.4) is 0 Å². The standard InChI is InChI=1S/C54H107NO3/c1-3-5-7-9-11-13-15-17-19-21-23-25-27-28-29-31-33-35-37-39-41-43-45-47-49-53(57)52(51-56)55-54(58)50-48-46-44-42-40-38-36-34-32-30-26-24-22-20-18-16-14-12-10-8-6-4-2/h30,32,52-53,56-57H,3-29,31,33-51H2,1-2H3,(H,55,58)/b32-30-. The van der Waals surface area contributed by atoms with Crippen molar-refractivity contribution in [1.82, 2.24) is 5.32 Å². The molecule has 4 heteroatoms. The predicted octanol–water partition coefficient (Wildman–Crippen LogP) is 17.4. The number of allylic oxidation sites excluding steroid dienone is 2. The normalized spacial score (nSPS) is 12.8. The Morgan fingerprint density at radius 2 is 0.655 bits per heavy atom. The molecule has 58 heavy (non-hydrogen) atoms. The fraction of sp³-hybridized carbons (Fsp3) is 0.944. The number of aliphatic hydroxyl groups excluding tert-OH is 2. The number of hydrogen-bond acceptors (Lipinski definition) is 3. The number of carbonyl (C=O) groups excluding carboxylic acids is 1. The van der Waals surface area contributed by atoms with Gasteiger partial charge in [-0.25, -0.2) is 0 Å². The number of amides is 1. The summed E-state index contributed by atoms with van der Waals surface area (Å²) in [5.74, 6) is -0.0300. The van der Waals surface area contributed by atoms with Gasteiger partial charge in [-0.3, -0.25) is 4.79 Å². The van der Waals surface area contributed by atoms with E-state index in [4.69, 9.17) is 0 Å². The summed E-state index contributed by atoms with van der Waals surface area (Å²) in [6.07, 6.45) is 64.7. The molecule has 0 aromatic carbocycles. The number of aliphatic hydroxyl groups is 2. The van der Waals surface area contributed by atoms with E-state index in [1.165, 1.54) is 257 Å². The van der Waals surface area contributed by atoms with E-state index in [1.54, 1.807) is 0 Å². The Morgan fingerprint density at radius 1 is 0.397 bits per heavy atom. The molecule has 0 radical (unpaired) electrons. The lowest BCUT2D eigenvalue weighted by molar-refractivity contribution is -0.123. The van der Waals surface area contributed by atoms with Crippen LogP contribution in [0.25, 0.3) is 0 Å². The molecule has 0 aromatic rings. The maximum Gasteiger partial charge on any atom is 0.220 e. The Kier molecular flexibility index (Phi) is 49.7. The van der Waals surface area contributed by atoms with Gasteiger partial charge >= 0.3 is 0 Å². The molecular weight excluding hydrogens is 711 g/mol. The molecule has 4 nitrogen and oxygen atoms in total. The number of rotatable bonds is 50. The van der Waals surface area contributed by atoms with Crippen molar-refractivity contribution in [1.29, 1.82) is 0 Å². The third-order valence-electron chi connectivity index (χ3n) is 12.8. The summed E-state index contributed by atoms with van der Waals surface area (Å²) >= 11 is 0. The zero-order valence-corrected chi connectivity index (χ0v) is 39.8. The first kappa shape index (κ1) is 57.1. The van der Waals surface area contributed by atoms with E-state index in [0.29, 0.717) is 12.8 Å². The third-order valence-corrected chi connectivity index (χ3v) is 12.8. The molecule has 0 spiro atoms. The molecule has 0 saturated carbocycles. The van der Waals surface area contributed by atoms with Gasteiger partial charge in [-0.2, -0.15) is 0 Å². The van der Waals surface area contributed by atoms with Gasteiger partial charge in [-0.05, 0) is 38.5 Å². The van der Waals surface area contributed by atoms with Crippen molar-refractivity contribution in [3.63, 3.8) is 0 Å². The van der Waals surface area contributed by atoms with Crippen molar-refractivity contribution in [3.8, 4) is 0 Å². The van der Waals surface area contributed by atoms with Gasteiger partial charge in [0.1, 0.15) is 0 Å². The highest BCUT2D eigenvalue weighted by molar-refractivity contribution is 5.76. The summed E-state index contributed by atoms with van der Waals surface area (Å²) in [6, 6.07) is -0.536. The van der Waals surface area contributed by atoms with Gasteiger partial charge < -0.3 is 15.5 Å². The van der Waals surface area contributed by atoms with E-state index in [1.807, 2.05) is 0 Å². The van der Waals surface area contributed by atoms with Crippen molar-refractivity contribution < 1.29 is 15.0 Å². The quantitative estimate of drug-likeness (QED) is 0.0423. The summed E-state index contributed by atoms with van der Waals surface area (Å²) in [4.78, 5) is 12.5. The first-order valence-electron chi connectivity index (χ1n) is 26.9. The fourth-order valence-corrected chi connectivity index (χ4v) is 8.65. The lowest BCUT2D eigenvalue weighted by atomic mass is 10.0. The average molecular weight is 818 g/mol. The van der Waals surface area contributed by atoms with Crippen LogP contribution in [0.5, 0.6) is 0 Å². The SMILES string of the molecule is CCCCCCCCCCCCC/C=C\CCCCCCCCCC(=O)NC(CO)C(O)CCCCCCCCCCCCCCCCCCCCCCCCCC. The second-order valence-corrected chi connectivity index (χ2v) is 18.7. The van der Waals surface area contributed by atoms with Gasteiger partial charge in [-0.15, -0.1) is 0 Å². The van der Waals surface area contributed by atoms with Gasteiger partial charge in [0, 0.05) is 6.42 Å². The summed E-state index contributed by atoms with van der Waals surface area (Å²) in [7, 11) is 0. The maximum absolute atomic E-state index is 12.5. The van der Waals surface area contributed by atoms with Crippen LogP contribution in [0.4, 0.5) is 0 Å². The minimum absolute atomic E-state index is 0.0300. The summed E-state index contributed by atoms with van der Waals surface area (Å²) in [5.41, 5.74) is 0. The molecule has 0 aliphatic rings. The van der Waals surface area contributed by atoms with Crippen molar-refractivity contribution in [3.05, 3.63) is 12.2 Å². The first-order valence-corrected chi connectivity index (χ1v) is 26.9. The number of unbranched alkanes of at least 4 members (excludes halogenated alkanes) is 41. The van der Waals surface area contributed by atoms with E-state index >= 15 is 0 Å². The van der Waals surface area contributed by atoms with Crippen LogP contribution < -0.4 is 5.32 Å². The lowest BCUT2D eigenvalue weighted by Crippen LogP contribution is -2.45. The van der Waals surface area contributed by atoms with Crippen LogP contribution in [0, 0.1) is 0 Å². The zero-order valence-electron chi connectivity index (χ0n) is 39.8. The van der Waals surface area contributed by atoms with Gasteiger partial charge in [0.15, 0.2) is 0 Å². The Balaban J connectivity index is 3.44. The minimum atomic E-state index is -0.659. The Bertz CT molecular complexity index is 799. The highest BCUT2D eigenvalue weighted by Crippen LogP contribution is 2.18. The summed E-state index contributed by atoms with van der Waals surface area (Å²) in [6.45, 7) is 4.39. The lowest BCUT2D eigenvalue weighted by Gasteiger charge is -2.22. The largest absolute Gasteiger partial charge is 0.394 e. The molecular formula is C54H107NO3. The molecule has 0 saturated heterocycles. The highest BCUT2D eigenvalue weighted by Gasteiger charge is 2.20. The summed E-state index contributed by atoms with van der Waals surface area (Å²) < 4.78 is 0. The number of carbonyl (C=O) groups is 1. The molecule has 0 fully saturated rings. The molecule has 1 amide bonds. The molecule has 0 rings (SSSR count). The highest BCUT2D eigenvalue weighted by atomic mass is 16.3. The second kappa shape index (κ2) is 50.5. The van der Waals surface area contributed by atoms with Crippen LogP contribution in [0.1, 0.15) is 309 Å². The topological polar surface area (TPSA) is 69.6 Å². The Morgan fingerprint density at radius 3 is 0.948 bits per heavy atom. The van der Waals surface area contributed by atoms with E-state index in [9.17, 15) is 15.0 Å². The van der Waals surface area contributed by atoms with Crippen molar-refractivity contribution in [2.75, 3.05) is 6.61 Å². The van der Waals surface area contributed by atoms with Crippen LogP contribution >= 0.6 is 0 Å². The molecule has 0 bridgehead atoms. The Hall–Kier alpha value is -0.870. The zero-order chi connectivity index (χ0) is 42.1. The number of hydrogen-bond donors (Lipinski definition) is 3. The third kappa shape index (κ3) is 46.2. The maximum atomic E-state index is 12.5. The van der Waals surface area contributed by atoms with Gasteiger partial charge in [-0.1, -0.05) is 276 Å². The van der Waals surface area contributed by atoms with E-state index in [0.717, 1.165) is 25.7 Å². The molecule has 0 aliphatic carbocycles. The van der Waals surface area contributed by atoms with Crippen LogP contribution in [0.2, 0.25) is 0 Å². The van der Waals surface area contributed by atoms with Crippen molar-refractivity contribution in [2.24, 2.45) is 0 Å². The van der Waals surface area contributed by atoms with Crippen molar-refractivity contribution in [2.45, 2.75) is 321 Å². The molecule has 2 atom stereocenters. The van der Waals surface area contributed by atoms with Gasteiger partial charge in [0.25, 0.3) is 0 Å². The molecule has 2 unspecified atom stereocenters. The van der Waals surface area contributed by atoms with E-state index < -0.39 is 12.1 Å². The smallest absolute Gasteiger partial charge is 0.220 e. The van der Waals surface area contributed by atoms with Crippen molar-refractivity contribution >= 4 is 5.91 Å². The second-order valence-electron chi connectivity index (χ2n) is 18.7.